The van der Waals surface area contributed by atoms with Gasteiger partial charge in [0, 0.05) is 44.4 Å². The summed E-state index contributed by atoms with van der Waals surface area (Å²) in [6.07, 6.45) is -0.495. The smallest absolute Gasteiger partial charge is 0.414 e. The van der Waals surface area contributed by atoms with Crippen LogP contribution in [0.4, 0.5) is 4.79 Å². The highest BCUT2D eigenvalue weighted by Crippen LogP contribution is 2.34. The van der Waals surface area contributed by atoms with E-state index in [2.05, 4.69) is 5.32 Å². The molecule has 9 heteroatoms. The number of Topliss-reactive ketones (excluding diaryl/α,β-unsaturated/α-hetero) is 1. The van der Waals surface area contributed by atoms with Gasteiger partial charge >= 0.3 is 6.09 Å². The third-order valence-electron chi connectivity index (χ3n) is 5.92. The van der Waals surface area contributed by atoms with Crippen LogP contribution >= 0.6 is 0 Å². The third-order valence-corrected chi connectivity index (χ3v) is 5.92. The molecule has 1 aliphatic heterocycles. The SMILES string of the molecule is CCOc1cc2c(cc1C(=O)NC)C(=N)N(CC(=O)c1ccc(OC(=O)N(C)C)c(C(C)(C)C)c1)C2. The van der Waals surface area contributed by atoms with Gasteiger partial charge < -0.3 is 24.6 Å². The van der Waals surface area contributed by atoms with Crippen molar-refractivity contribution in [1.29, 1.82) is 5.41 Å². The lowest BCUT2D eigenvalue weighted by Crippen LogP contribution is -2.30. The average Bonchev–Trinajstić information content (AvgIpc) is 3.11. The Morgan fingerprint density at radius 3 is 2.39 bits per heavy atom. The van der Waals surface area contributed by atoms with Gasteiger partial charge in [0.25, 0.3) is 5.91 Å². The summed E-state index contributed by atoms with van der Waals surface area (Å²) >= 11 is 0. The molecule has 0 atom stereocenters. The van der Waals surface area contributed by atoms with Crippen molar-refractivity contribution < 1.29 is 23.9 Å². The summed E-state index contributed by atoms with van der Waals surface area (Å²) in [6.45, 7) is 8.54. The predicted octanol–water partition coefficient (Wildman–Crippen LogP) is 3.83. The molecule has 2 amide bonds. The maximum atomic E-state index is 13.3. The largest absolute Gasteiger partial charge is 0.493 e. The minimum Gasteiger partial charge on any atom is -0.493 e. The highest BCUT2D eigenvalue weighted by atomic mass is 16.6. The van der Waals surface area contributed by atoms with Crippen molar-refractivity contribution in [3.8, 4) is 11.5 Å². The summed E-state index contributed by atoms with van der Waals surface area (Å²) in [5.74, 6) is 0.575. The van der Waals surface area contributed by atoms with Crippen LogP contribution in [0.3, 0.4) is 0 Å². The Kier molecular flexibility index (Phi) is 7.71. The molecule has 0 aliphatic carbocycles. The Hall–Kier alpha value is -3.88. The molecule has 0 saturated heterocycles. The topological polar surface area (TPSA) is 112 Å². The highest BCUT2D eigenvalue weighted by Gasteiger charge is 2.30. The second kappa shape index (κ2) is 10.4. The first-order valence-corrected chi connectivity index (χ1v) is 11.8. The van der Waals surface area contributed by atoms with Crippen LogP contribution in [-0.4, -0.2) is 67.7 Å². The number of nitrogens with zero attached hydrogens (tertiary/aromatic N) is 2. The molecule has 0 aromatic heterocycles. The van der Waals surface area contributed by atoms with Gasteiger partial charge in [0.1, 0.15) is 17.3 Å². The van der Waals surface area contributed by atoms with Crippen molar-refractivity contribution in [1.82, 2.24) is 15.1 Å². The van der Waals surface area contributed by atoms with E-state index in [0.717, 1.165) is 11.1 Å². The minimum absolute atomic E-state index is 0.00674. The van der Waals surface area contributed by atoms with Crippen LogP contribution in [0, 0.1) is 5.41 Å². The molecule has 0 saturated carbocycles. The predicted molar refractivity (Wildman–Crippen MR) is 137 cm³/mol. The van der Waals surface area contributed by atoms with Crippen molar-refractivity contribution in [2.45, 2.75) is 39.7 Å². The molecule has 2 N–H and O–H groups in total. The number of benzene rings is 2. The molecule has 2 aromatic rings. The molecule has 3 rings (SSSR count). The number of amides is 2. The normalized spacial score (nSPS) is 12.8. The number of carbonyl (C=O) groups is 3. The van der Waals surface area contributed by atoms with Gasteiger partial charge in [0.2, 0.25) is 0 Å². The van der Waals surface area contributed by atoms with E-state index in [1.807, 2.05) is 27.7 Å². The van der Waals surface area contributed by atoms with E-state index in [1.54, 1.807) is 56.4 Å². The Balaban J connectivity index is 1.86. The van der Waals surface area contributed by atoms with Crippen molar-refractivity contribution in [2.24, 2.45) is 0 Å². The Labute approximate surface area is 211 Å². The number of fused-ring (bicyclic) bond motifs is 1. The minimum atomic E-state index is -0.495. The lowest BCUT2D eigenvalue weighted by atomic mass is 9.85. The molecular formula is C27H34N4O5. The summed E-state index contributed by atoms with van der Waals surface area (Å²) in [6, 6.07) is 8.46. The zero-order valence-corrected chi connectivity index (χ0v) is 21.9. The number of rotatable bonds is 7. The number of hydrogen-bond donors (Lipinski definition) is 2. The number of hydrogen-bond acceptors (Lipinski definition) is 6. The lowest BCUT2D eigenvalue weighted by Gasteiger charge is -2.24. The van der Waals surface area contributed by atoms with E-state index in [0.29, 0.717) is 41.3 Å². The average molecular weight is 495 g/mol. The second-order valence-corrected chi connectivity index (χ2v) is 9.87. The summed E-state index contributed by atoms with van der Waals surface area (Å²) in [4.78, 5) is 40.7. The second-order valence-electron chi connectivity index (χ2n) is 9.87. The molecule has 0 bridgehead atoms. The number of ether oxygens (including phenoxy) is 2. The van der Waals surface area contributed by atoms with Gasteiger partial charge in [-0.3, -0.25) is 15.0 Å². The maximum absolute atomic E-state index is 13.3. The molecule has 0 unspecified atom stereocenters. The van der Waals surface area contributed by atoms with Gasteiger partial charge in [-0.25, -0.2) is 4.79 Å². The van der Waals surface area contributed by atoms with Gasteiger partial charge in [-0.05, 0) is 48.2 Å². The number of ketones is 1. The summed E-state index contributed by atoms with van der Waals surface area (Å²) in [5, 5.41) is 11.2. The molecule has 2 aromatic carbocycles. The first-order valence-electron chi connectivity index (χ1n) is 11.8. The number of amidine groups is 1. The van der Waals surface area contributed by atoms with Crippen LogP contribution in [-0.2, 0) is 12.0 Å². The third kappa shape index (κ3) is 5.50. The zero-order valence-electron chi connectivity index (χ0n) is 21.9. The molecule has 36 heavy (non-hydrogen) atoms. The summed E-state index contributed by atoms with van der Waals surface area (Å²) in [7, 11) is 4.75. The fourth-order valence-electron chi connectivity index (χ4n) is 3.98. The zero-order chi connectivity index (χ0) is 26.8. The fourth-order valence-corrected chi connectivity index (χ4v) is 3.98. The molecule has 1 heterocycles. The number of nitrogens with one attached hydrogen (secondary N) is 2. The molecule has 1 aliphatic rings. The van der Waals surface area contributed by atoms with Gasteiger partial charge in [-0.1, -0.05) is 20.8 Å². The van der Waals surface area contributed by atoms with E-state index in [9.17, 15) is 14.4 Å². The Morgan fingerprint density at radius 2 is 1.81 bits per heavy atom. The van der Waals surface area contributed by atoms with Crippen LogP contribution in [0.5, 0.6) is 11.5 Å². The van der Waals surface area contributed by atoms with E-state index < -0.39 is 6.09 Å². The van der Waals surface area contributed by atoms with Crippen LogP contribution in [0.25, 0.3) is 0 Å². The molecule has 0 spiro atoms. The Morgan fingerprint density at radius 1 is 1.11 bits per heavy atom. The van der Waals surface area contributed by atoms with Crippen LogP contribution < -0.4 is 14.8 Å². The molecule has 0 radical (unpaired) electrons. The van der Waals surface area contributed by atoms with Crippen molar-refractivity contribution >= 4 is 23.6 Å². The quantitative estimate of drug-likeness (QED) is 0.566. The first-order chi connectivity index (χ1) is 16.9. The standard InChI is InChI=1S/C27H34N4O5/c1-8-35-23-12-17-14-31(24(28)18(17)13-19(23)25(33)29-5)15-21(32)16-9-10-22(36-26(34)30(6)7)20(11-16)27(2,3)4/h9-13,28H,8,14-15H2,1-7H3,(H,29,33). The van der Waals surface area contributed by atoms with E-state index >= 15 is 0 Å². The maximum Gasteiger partial charge on any atom is 0.414 e. The van der Waals surface area contributed by atoms with Crippen LogP contribution in [0.2, 0.25) is 0 Å². The van der Waals surface area contributed by atoms with Crippen LogP contribution in [0.15, 0.2) is 30.3 Å². The van der Waals surface area contributed by atoms with Crippen molar-refractivity contribution in [3.63, 3.8) is 0 Å². The highest BCUT2D eigenvalue weighted by molar-refractivity contribution is 6.07. The molecule has 0 fully saturated rings. The van der Waals surface area contributed by atoms with Crippen molar-refractivity contribution in [2.75, 3.05) is 34.3 Å². The number of carbonyl (C=O) groups excluding carboxylic acids is 3. The van der Waals surface area contributed by atoms with Gasteiger partial charge in [-0.15, -0.1) is 0 Å². The van der Waals surface area contributed by atoms with Gasteiger partial charge in [-0.2, -0.15) is 0 Å². The molecule has 9 nitrogen and oxygen atoms in total. The summed E-state index contributed by atoms with van der Waals surface area (Å²) < 4.78 is 11.2. The summed E-state index contributed by atoms with van der Waals surface area (Å²) in [5.41, 5.74) is 2.61. The van der Waals surface area contributed by atoms with Gasteiger partial charge in [0.15, 0.2) is 5.78 Å². The molecule has 192 valence electrons. The van der Waals surface area contributed by atoms with E-state index in [-0.39, 0.29) is 29.5 Å². The first kappa shape index (κ1) is 26.7. The lowest BCUT2D eigenvalue weighted by molar-refractivity contribution is 0.0953. The van der Waals surface area contributed by atoms with Gasteiger partial charge in [0.05, 0.1) is 18.7 Å². The monoisotopic (exact) mass is 494 g/mol. The van der Waals surface area contributed by atoms with E-state index in [1.165, 1.54) is 4.90 Å². The van der Waals surface area contributed by atoms with Crippen molar-refractivity contribution in [3.05, 3.63) is 58.1 Å². The fraction of sp³-hybridized carbons (Fsp3) is 0.407. The molecular weight excluding hydrogens is 460 g/mol. The van der Waals surface area contributed by atoms with Crippen LogP contribution in [0.1, 0.15) is 65.1 Å². The Bertz CT molecular complexity index is 1210. The van der Waals surface area contributed by atoms with E-state index in [4.69, 9.17) is 14.9 Å².